The van der Waals surface area contributed by atoms with Crippen molar-refractivity contribution >= 4 is 0 Å². The number of aliphatic hydroxyl groups is 1. The van der Waals surface area contributed by atoms with E-state index in [0.717, 1.165) is 11.4 Å². The molecule has 1 rings (SSSR count). The van der Waals surface area contributed by atoms with Gasteiger partial charge in [-0.2, -0.15) is 0 Å². The van der Waals surface area contributed by atoms with Crippen LogP contribution in [0.2, 0.25) is 0 Å². The maximum Gasteiger partial charge on any atom is 0.0952 e. The average molecular weight is 184 g/mol. The Bertz CT molecular complexity index is 271. The molecule has 1 heterocycles. The Balaban J connectivity index is 2.58. The molecule has 0 amide bonds. The van der Waals surface area contributed by atoms with Gasteiger partial charge in [-0.1, -0.05) is 0 Å². The van der Waals surface area contributed by atoms with E-state index in [1.54, 1.807) is 13.4 Å². The lowest BCUT2D eigenvalue weighted by atomic mass is 10.3. The first kappa shape index (κ1) is 10.2. The molecule has 0 saturated heterocycles. The number of aryl methyl sites for hydroxylation is 1. The van der Waals surface area contributed by atoms with Crippen molar-refractivity contribution in [3.63, 3.8) is 0 Å². The molecule has 1 aromatic rings. The van der Waals surface area contributed by atoms with E-state index < -0.39 is 6.10 Å². The van der Waals surface area contributed by atoms with Crippen molar-refractivity contribution in [3.8, 4) is 0 Å². The number of methoxy groups -OCH3 is 1. The molecule has 0 aliphatic rings. The highest BCUT2D eigenvalue weighted by molar-refractivity contribution is 5.08. The van der Waals surface area contributed by atoms with Gasteiger partial charge < -0.3 is 14.4 Å². The van der Waals surface area contributed by atoms with E-state index in [1.807, 2.05) is 18.4 Å². The standard InChI is InChI=1S/C9H16N2O2/c1-7-8(2)11(6-10-7)4-9(12)5-13-3/h6,9,12H,4-5H2,1-3H3. The SMILES string of the molecule is COCC(O)Cn1cnc(C)c1C. The van der Waals surface area contributed by atoms with Crippen molar-refractivity contribution in [1.82, 2.24) is 9.55 Å². The summed E-state index contributed by atoms with van der Waals surface area (Å²) in [5.74, 6) is 0. The summed E-state index contributed by atoms with van der Waals surface area (Å²) >= 11 is 0. The minimum absolute atomic E-state index is 0.358. The highest BCUT2D eigenvalue weighted by atomic mass is 16.5. The Labute approximate surface area is 78.2 Å². The average Bonchev–Trinajstić information content (AvgIpc) is 2.37. The summed E-state index contributed by atoms with van der Waals surface area (Å²) in [7, 11) is 1.58. The quantitative estimate of drug-likeness (QED) is 0.741. The zero-order valence-electron chi connectivity index (χ0n) is 8.32. The molecule has 0 bridgehead atoms. The summed E-state index contributed by atoms with van der Waals surface area (Å²) in [6.07, 6.45) is 1.28. The fourth-order valence-electron chi connectivity index (χ4n) is 1.20. The molecule has 0 aliphatic carbocycles. The summed E-state index contributed by atoms with van der Waals surface area (Å²) in [6, 6.07) is 0. The third kappa shape index (κ3) is 2.54. The molecular formula is C9H16N2O2. The number of hydrogen-bond acceptors (Lipinski definition) is 3. The Morgan fingerprint density at radius 1 is 1.62 bits per heavy atom. The van der Waals surface area contributed by atoms with Gasteiger partial charge in [0.05, 0.1) is 31.3 Å². The number of aromatic nitrogens is 2. The van der Waals surface area contributed by atoms with Crippen LogP contribution in [0.15, 0.2) is 6.33 Å². The topological polar surface area (TPSA) is 47.3 Å². The van der Waals surface area contributed by atoms with Gasteiger partial charge in [0.25, 0.3) is 0 Å². The van der Waals surface area contributed by atoms with Gasteiger partial charge in [-0.25, -0.2) is 4.98 Å². The van der Waals surface area contributed by atoms with E-state index in [0.29, 0.717) is 13.2 Å². The fraction of sp³-hybridized carbons (Fsp3) is 0.667. The van der Waals surface area contributed by atoms with E-state index in [-0.39, 0.29) is 0 Å². The zero-order valence-corrected chi connectivity index (χ0v) is 8.32. The predicted molar refractivity (Wildman–Crippen MR) is 49.6 cm³/mol. The Morgan fingerprint density at radius 3 is 2.77 bits per heavy atom. The van der Waals surface area contributed by atoms with Crippen LogP contribution in [-0.2, 0) is 11.3 Å². The second kappa shape index (κ2) is 4.39. The van der Waals surface area contributed by atoms with Gasteiger partial charge in [-0.05, 0) is 13.8 Å². The lowest BCUT2D eigenvalue weighted by Gasteiger charge is -2.11. The number of ether oxygens (including phenoxy) is 1. The Morgan fingerprint density at radius 2 is 2.31 bits per heavy atom. The molecule has 4 nitrogen and oxygen atoms in total. The molecule has 0 aliphatic heterocycles. The van der Waals surface area contributed by atoms with Gasteiger partial charge in [0.15, 0.2) is 0 Å². The summed E-state index contributed by atoms with van der Waals surface area (Å²) in [5.41, 5.74) is 2.10. The van der Waals surface area contributed by atoms with E-state index in [4.69, 9.17) is 4.74 Å². The van der Waals surface area contributed by atoms with Gasteiger partial charge in [0.2, 0.25) is 0 Å². The summed E-state index contributed by atoms with van der Waals surface area (Å²) < 4.78 is 6.77. The van der Waals surface area contributed by atoms with Crippen LogP contribution in [-0.4, -0.2) is 34.5 Å². The zero-order chi connectivity index (χ0) is 9.84. The van der Waals surface area contributed by atoms with Crippen LogP contribution in [0.3, 0.4) is 0 Å². The van der Waals surface area contributed by atoms with Crippen LogP contribution in [0, 0.1) is 13.8 Å². The molecule has 0 aromatic carbocycles. The van der Waals surface area contributed by atoms with Gasteiger partial charge in [0.1, 0.15) is 0 Å². The molecule has 1 atom stereocenters. The van der Waals surface area contributed by atoms with Gasteiger partial charge >= 0.3 is 0 Å². The predicted octanol–water partition coefficient (Wildman–Crippen LogP) is 0.507. The molecule has 74 valence electrons. The van der Waals surface area contributed by atoms with E-state index in [1.165, 1.54) is 0 Å². The third-order valence-corrected chi connectivity index (χ3v) is 2.11. The lowest BCUT2D eigenvalue weighted by Crippen LogP contribution is -2.21. The van der Waals surface area contributed by atoms with E-state index in [2.05, 4.69) is 4.98 Å². The van der Waals surface area contributed by atoms with Gasteiger partial charge in [-0.15, -0.1) is 0 Å². The van der Waals surface area contributed by atoms with Crippen molar-refractivity contribution in [2.75, 3.05) is 13.7 Å². The second-order valence-electron chi connectivity index (χ2n) is 3.18. The smallest absolute Gasteiger partial charge is 0.0952 e. The van der Waals surface area contributed by atoms with Crippen LogP contribution in [0.1, 0.15) is 11.4 Å². The van der Waals surface area contributed by atoms with Crippen molar-refractivity contribution in [2.45, 2.75) is 26.5 Å². The Kier molecular flexibility index (Phi) is 3.45. The highest BCUT2D eigenvalue weighted by Crippen LogP contribution is 2.05. The van der Waals surface area contributed by atoms with Crippen LogP contribution >= 0.6 is 0 Å². The molecule has 1 N–H and O–H groups in total. The largest absolute Gasteiger partial charge is 0.389 e. The van der Waals surface area contributed by atoms with Crippen LogP contribution < -0.4 is 0 Å². The first-order valence-corrected chi connectivity index (χ1v) is 4.30. The molecule has 0 spiro atoms. The van der Waals surface area contributed by atoms with Crippen molar-refractivity contribution < 1.29 is 9.84 Å². The number of imidazole rings is 1. The third-order valence-electron chi connectivity index (χ3n) is 2.11. The summed E-state index contributed by atoms with van der Waals surface area (Å²) in [5, 5.41) is 9.46. The van der Waals surface area contributed by atoms with Crippen LogP contribution in [0.4, 0.5) is 0 Å². The van der Waals surface area contributed by atoms with Gasteiger partial charge in [-0.3, -0.25) is 0 Å². The maximum absolute atomic E-state index is 9.46. The molecule has 4 heteroatoms. The molecule has 0 fully saturated rings. The van der Waals surface area contributed by atoms with Crippen LogP contribution in [0.25, 0.3) is 0 Å². The van der Waals surface area contributed by atoms with Crippen LogP contribution in [0.5, 0.6) is 0 Å². The second-order valence-corrected chi connectivity index (χ2v) is 3.18. The number of aliphatic hydroxyl groups excluding tert-OH is 1. The van der Waals surface area contributed by atoms with Crippen molar-refractivity contribution in [3.05, 3.63) is 17.7 Å². The molecule has 1 unspecified atom stereocenters. The summed E-state index contributed by atoms with van der Waals surface area (Å²) in [4.78, 5) is 4.14. The first-order valence-electron chi connectivity index (χ1n) is 4.30. The highest BCUT2D eigenvalue weighted by Gasteiger charge is 2.07. The van der Waals surface area contributed by atoms with Crippen molar-refractivity contribution in [1.29, 1.82) is 0 Å². The molecule has 0 radical (unpaired) electrons. The normalized spacial score (nSPS) is 13.2. The van der Waals surface area contributed by atoms with E-state index >= 15 is 0 Å². The molecule has 13 heavy (non-hydrogen) atoms. The molecular weight excluding hydrogens is 168 g/mol. The summed E-state index contributed by atoms with van der Waals surface area (Å²) in [6.45, 7) is 4.84. The molecule has 1 aromatic heterocycles. The minimum atomic E-state index is -0.461. The first-order chi connectivity index (χ1) is 6.15. The fourth-order valence-corrected chi connectivity index (χ4v) is 1.20. The lowest BCUT2D eigenvalue weighted by molar-refractivity contribution is 0.0533. The van der Waals surface area contributed by atoms with Gasteiger partial charge in [0, 0.05) is 12.8 Å². The minimum Gasteiger partial charge on any atom is -0.389 e. The molecule has 0 saturated carbocycles. The monoisotopic (exact) mass is 184 g/mol. The van der Waals surface area contributed by atoms with Crippen molar-refractivity contribution in [2.24, 2.45) is 0 Å². The number of hydrogen-bond donors (Lipinski definition) is 1. The Hall–Kier alpha value is -0.870. The van der Waals surface area contributed by atoms with E-state index in [9.17, 15) is 5.11 Å². The number of nitrogens with zero attached hydrogens (tertiary/aromatic N) is 2. The number of rotatable bonds is 4. The maximum atomic E-state index is 9.46.